The lowest BCUT2D eigenvalue weighted by Crippen LogP contribution is -2.38. The number of rotatable bonds is 7. The van der Waals surface area contributed by atoms with Gasteiger partial charge < -0.3 is 0 Å². The minimum Gasteiger partial charge on any atom is -0.298 e. The van der Waals surface area contributed by atoms with Crippen LogP contribution in [0.2, 0.25) is 0 Å². The molecule has 142 valence electrons. The Morgan fingerprint density at radius 2 is 1.85 bits per heavy atom. The average molecular weight is 393 g/mol. The van der Waals surface area contributed by atoms with Gasteiger partial charge in [0.2, 0.25) is 10.0 Å². The number of benzene rings is 1. The third kappa shape index (κ3) is 5.16. The van der Waals surface area contributed by atoms with Gasteiger partial charge in [-0.1, -0.05) is 32.0 Å². The molecule has 0 radical (unpaired) electrons. The summed E-state index contributed by atoms with van der Waals surface area (Å²) in [5.74, 6) is 0.818. The average Bonchev–Trinajstić information content (AvgIpc) is 3.14. The van der Waals surface area contributed by atoms with Crippen molar-refractivity contribution in [2.45, 2.75) is 44.0 Å². The van der Waals surface area contributed by atoms with E-state index in [4.69, 9.17) is 0 Å². The zero-order chi connectivity index (χ0) is 18.6. The zero-order valence-electron chi connectivity index (χ0n) is 15.5. The number of piperidine rings is 1. The van der Waals surface area contributed by atoms with E-state index >= 15 is 0 Å². The molecule has 1 saturated heterocycles. The molecule has 1 aliphatic heterocycles. The van der Waals surface area contributed by atoms with E-state index in [-0.39, 0.29) is 0 Å². The van der Waals surface area contributed by atoms with Crippen molar-refractivity contribution >= 4 is 21.4 Å². The summed E-state index contributed by atoms with van der Waals surface area (Å²) in [7, 11) is -3.42. The number of thiophene rings is 1. The molecule has 1 aliphatic rings. The molecule has 1 N–H and O–H groups in total. The maximum Gasteiger partial charge on any atom is 0.240 e. The topological polar surface area (TPSA) is 49.4 Å². The Balaban J connectivity index is 1.48. The highest BCUT2D eigenvalue weighted by molar-refractivity contribution is 7.89. The zero-order valence-corrected chi connectivity index (χ0v) is 17.2. The third-order valence-electron chi connectivity index (χ3n) is 5.09. The van der Waals surface area contributed by atoms with Gasteiger partial charge in [0.25, 0.3) is 0 Å². The molecule has 2 heterocycles. The SMILES string of the molecule is CC(C)c1ccc(S(=O)(=O)NCC2CCN(Cc3cccs3)CC2)cc1. The molecule has 0 bridgehead atoms. The minimum absolute atomic E-state index is 0.358. The van der Waals surface area contributed by atoms with Crippen molar-refractivity contribution in [2.75, 3.05) is 19.6 Å². The van der Waals surface area contributed by atoms with Gasteiger partial charge in [0.1, 0.15) is 0 Å². The summed E-state index contributed by atoms with van der Waals surface area (Å²) >= 11 is 1.80. The molecule has 0 spiro atoms. The Hall–Kier alpha value is -1.21. The Kier molecular flexibility index (Phi) is 6.51. The number of nitrogens with one attached hydrogen (secondary N) is 1. The van der Waals surface area contributed by atoms with E-state index in [2.05, 4.69) is 41.0 Å². The Bertz CT molecular complexity index is 776. The van der Waals surface area contributed by atoms with Crippen LogP contribution in [0.5, 0.6) is 0 Å². The first-order valence-electron chi connectivity index (χ1n) is 9.28. The molecular formula is C20H28N2O2S2. The van der Waals surface area contributed by atoms with Crippen molar-refractivity contribution in [1.82, 2.24) is 9.62 Å². The Labute approximate surface area is 161 Å². The van der Waals surface area contributed by atoms with Crippen LogP contribution in [0.4, 0.5) is 0 Å². The molecule has 2 aromatic rings. The van der Waals surface area contributed by atoms with Gasteiger partial charge in [-0.3, -0.25) is 4.90 Å². The number of hydrogen-bond acceptors (Lipinski definition) is 4. The molecule has 26 heavy (non-hydrogen) atoms. The van der Waals surface area contributed by atoms with Crippen molar-refractivity contribution in [1.29, 1.82) is 0 Å². The van der Waals surface area contributed by atoms with Crippen LogP contribution in [0.3, 0.4) is 0 Å². The van der Waals surface area contributed by atoms with Crippen LogP contribution in [0.25, 0.3) is 0 Å². The fourth-order valence-corrected chi connectivity index (χ4v) is 5.18. The predicted octanol–water partition coefficient (Wildman–Crippen LogP) is 4.06. The second-order valence-electron chi connectivity index (χ2n) is 7.37. The smallest absolute Gasteiger partial charge is 0.240 e. The second-order valence-corrected chi connectivity index (χ2v) is 10.2. The standard InChI is InChI=1S/C20H28N2O2S2/c1-16(2)18-5-7-20(8-6-18)26(23,24)21-14-17-9-11-22(12-10-17)15-19-4-3-13-25-19/h3-8,13,16-17,21H,9-12,14-15H2,1-2H3. The number of hydrogen-bond donors (Lipinski definition) is 1. The maximum absolute atomic E-state index is 12.5. The molecule has 1 aromatic carbocycles. The fourth-order valence-electron chi connectivity index (χ4n) is 3.31. The van der Waals surface area contributed by atoms with Gasteiger partial charge in [-0.15, -0.1) is 11.3 Å². The lowest BCUT2D eigenvalue weighted by atomic mass is 9.97. The molecule has 1 fully saturated rings. The van der Waals surface area contributed by atoms with Crippen LogP contribution < -0.4 is 4.72 Å². The first-order chi connectivity index (χ1) is 12.4. The molecule has 0 saturated carbocycles. The summed E-state index contributed by atoms with van der Waals surface area (Å²) < 4.78 is 27.8. The lowest BCUT2D eigenvalue weighted by Gasteiger charge is -2.31. The second kappa shape index (κ2) is 8.65. The van der Waals surface area contributed by atoms with Crippen LogP contribution in [-0.2, 0) is 16.6 Å². The van der Waals surface area contributed by atoms with Gasteiger partial charge in [-0.2, -0.15) is 0 Å². The maximum atomic E-state index is 12.5. The molecule has 0 atom stereocenters. The van der Waals surface area contributed by atoms with Gasteiger partial charge in [0, 0.05) is 18.0 Å². The first kappa shape index (κ1) is 19.5. The molecule has 0 amide bonds. The van der Waals surface area contributed by atoms with E-state index < -0.39 is 10.0 Å². The van der Waals surface area contributed by atoms with E-state index in [0.29, 0.717) is 23.3 Å². The van der Waals surface area contributed by atoms with Gasteiger partial charge >= 0.3 is 0 Å². The van der Waals surface area contributed by atoms with Gasteiger partial charge in [-0.25, -0.2) is 13.1 Å². The number of likely N-dealkylation sites (tertiary alicyclic amines) is 1. The van der Waals surface area contributed by atoms with Crippen LogP contribution in [0, 0.1) is 5.92 Å². The van der Waals surface area contributed by atoms with E-state index in [0.717, 1.165) is 38.0 Å². The molecule has 6 heteroatoms. The monoisotopic (exact) mass is 392 g/mol. The van der Waals surface area contributed by atoms with Crippen LogP contribution in [0.1, 0.15) is 43.0 Å². The van der Waals surface area contributed by atoms with E-state index in [1.165, 1.54) is 4.88 Å². The van der Waals surface area contributed by atoms with Gasteiger partial charge in [0.15, 0.2) is 0 Å². The highest BCUT2D eigenvalue weighted by atomic mass is 32.2. The van der Waals surface area contributed by atoms with E-state index in [1.807, 2.05) is 12.1 Å². The normalized spacial score (nSPS) is 17.0. The summed E-state index contributed by atoms with van der Waals surface area (Å²) in [5, 5.41) is 2.12. The third-order valence-corrected chi connectivity index (χ3v) is 7.39. The summed E-state index contributed by atoms with van der Waals surface area (Å²) in [6.45, 7) is 7.82. The highest BCUT2D eigenvalue weighted by Crippen LogP contribution is 2.21. The quantitative estimate of drug-likeness (QED) is 0.773. The molecule has 0 aliphatic carbocycles. The summed E-state index contributed by atoms with van der Waals surface area (Å²) in [5.41, 5.74) is 1.15. The largest absolute Gasteiger partial charge is 0.298 e. The van der Waals surface area contributed by atoms with Crippen molar-refractivity contribution in [3.63, 3.8) is 0 Å². The predicted molar refractivity (Wildman–Crippen MR) is 108 cm³/mol. The van der Waals surface area contributed by atoms with E-state index in [1.54, 1.807) is 23.5 Å². The first-order valence-corrected chi connectivity index (χ1v) is 11.6. The fraction of sp³-hybridized carbons (Fsp3) is 0.500. The van der Waals surface area contributed by atoms with Crippen molar-refractivity contribution in [2.24, 2.45) is 5.92 Å². The summed E-state index contributed by atoms with van der Waals surface area (Å²) in [6.07, 6.45) is 2.08. The van der Waals surface area contributed by atoms with Crippen molar-refractivity contribution in [3.05, 3.63) is 52.2 Å². The number of nitrogens with zero attached hydrogens (tertiary/aromatic N) is 1. The van der Waals surface area contributed by atoms with Gasteiger partial charge in [-0.05, 0) is 66.9 Å². The van der Waals surface area contributed by atoms with Crippen molar-refractivity contribution in [3.8, 4) is 0 Å². The number of sulfonamides is 1. The minimum atomic E-state index is -3.42. The molecule has 3 rings (SSSR count). The Morgan fingerprint density at radius 3 is 2.42 bits per heavy atom. The molecular weight excluding hydrogens is 364 g/mol. The Morgan fingerprint density at radius 1 is 1.15 bits per heavy atom. The highest BCUT2D eigenvalue weighted by Gasteiger charge is 2.22. The van der Waals surface area contributed by atoms with E-state index in [9.17, 15) is 8.42 Å². The van der Waals surface area contributed by atoms with Crippen molar-refractivity contribution < 1.29 is 8.42 Å². The van der Waals surface area contributed by atoms with Crippen LogP contribution >= 0.6 is 11.3 Å². The molecule has 4 nitrogen and oxygen atoms in total. The van der Waals surface area contributed by atoms with Gasteiger partial charge in [0.05, 0.1) is 4.90 Å². The lowest BCUT2D eigenvalue weighted by molar-refractivity contribution is 0.180. The van der Waals surface area contributed by atoms with Crippen LogP contribution in [0.15, 0.2) is 46.7 Å². The van der Waals surface area contributed by atoms with Crippen LogP contribution in [-0.4, -0.2) is 33.0 Å². The summed E-state index contributed by atoms with van der Waals surface area (Å²) in [4.78, 5) is 4.22. The molecule has 0 unspecified atom stereocenters. The molecule has 1 aromatic heterocycles. The summed E-state index contributed by atoms with van der Waals surface area (Å²) in [6, 6.07) is 11.5.